The Balaban J connectivity index is 1.70. The van der Waals surface area contributed by atoms with Crippen LogP contribution in [0.2, 0.25) is 5.02 Å². The maximum atomic E-state index is 12.9. The molecule has 8 heteroatoms. The third-order valence-corrected chi connectivity index (χ3v) is 4.87. The lowest BCUT2D eigenvalue weighted by molar-refractivity contribution is -0.117. The molecule has 4 aromatic rings. The van der Waals surface area contributed by atoms with Crippen molar-refractivity contribution in [2.45, 2.75) is 19.3 Å². The molecule has 0 fully saturated rings. The predicted molar refractivity (Wildman–Crippen MR) is 112 cm³/mol. The summed E-state index contributed by atoms with van der Waals surface area (Å²) in [4.78, 5) is 32.0. The van der Waals surface area contributed by atoms with E-state index in [0.29, 0.717) is 17.3 Å². The highest BCUT2D eigenvalue weighted by Gasteiger charge is 2.20. The largest absolute Gasteiger partial charge is 0.310 e. The number of nitrogens with one attached hydrogen (secondary N) is 2. The van der Waals surface area contributed by atoms with Crippen LogP contribution < -0.4 is 10.9 Å². The fraction of sp³-hybridized carbons (Fsp3) is 0.143. The Morgan fingerprint density at radius 1 is 1.17 bits per heavy atom. The van der Waals surface area contributed by atoms with E-state index in [-0.39, 0.29) is 29.0 Å². The summed E-state index contributed by atoms with van der Waals surface area (Å²) in [6.07, 6.45) is 0.621. The van der Waals surface area contributed by atoms with E-state index in [1.54, 1.807) is 24.3 Å². The monoisotopic (exact) mass is 407 g/mol. The van der Waals surface area contributed by atoms with Gasteiger partial charge in [-0.25, -0.2) is 0 Å². The molecule has 0 spiro atoms. The molecule has 0 radical (unpaired) electrons. The molecule has 0 unspecified atom stereocenters. The second kappa shape index (κ2) is 7.89. The summed E-state index contributed by atoms with van der Waals surface area (Å²) in [5.41, 5.74) is 1.27. The van der Waals surface area contributed by atoms with Crippen molar-refractivity contribution in [1.82, 2.24) is 19.6 Å². The average molecular weight is 408 g/mol. The third-order valence-electron chi connectivity index (χ3n) is 4.62. The second-order valence-corrected chi connectivity index (χ2v) is 6.99. The van der Waals surface area contributed by atoms with Crippen LogP contribution in [0.5, 0.6) is 0 Å². The van der Waals surface area contributed by atoms with E-state index in [4.69, 9.17) is 11.6 Å². The molecular weight excluding hydrogens is 390 g/mol. The van der Waals surface area contributed by atoms with Crippen LogP contribution in [0.4, 0.5) is 5.82 Å². The summed E-state index contributed by atoms with van der Waals surface area (Å²) in [6.45, 7) is 1.94. The van der Waals surface area contributed by atoms with Gasteiger partial charge in [0.1, 0.15) is 5.82 Å². The lowest BCUT2D eigenvalue weighted by Crippen LogP contribution is -2.24. The highest BCUT2D eigenvalue weighted by Crippen LogP contribution is 2.22. The molecule has 0 aliphatic rings. The molecule has 0 aliphatic carbocycles. The number of carbonyl (C=O) groups excluding carboxylic acids is 1. The number of amides is 1. The smallest absolute Gasteiger partial charge is 0.254 e. The van der Waals surface area contributed by atoms with Crippen LogP contribution in [0.3, 0.4) is 0 Å². The molecule has 1 amide bonds. The highest BCUT2D eigenvalue weighted by atomic mass is 35.5. The molecule has 2 aromatic heterocycles. The minimum absolute atomic E-state index is 0.214. The number of benzene rings is 2. The minimum atomic E-state index is -0.379. The molecule has 2 N–H and O–H groups in total. The Morgan fingerprint density at radius 3 is 2.59 bits per heavy atom. The van der Waals surface area contributed by atoms with Gasteiger partial charge < -0.3 is 5.32 Å². The van der Waals surface area contributed by atoms with Gasteiger partial charge in [0, 0.05) is 16.7 Å². The van der Waals surface area contributed by atoms with Crippen LogP contribution in [0, 0.1) is 0 Å². The van der Waals surface area contributed by atoms with Crippen LogP contribution in [0.1, 0.15) is 24.8 Å². The molecule has 146 valence electrons. The number of aromatic nitrogens is 4. The first-order chi connectivity index (χ1) is 14.0. The Hall–Kier alpha value is -3.45. The minimum Gasteiger partial charge on any atom is -0.310 e. The molecule has 0 bridgehead atoms. The maximum Gasteiger partial charge on any atom is 0.254 e. The van der Waals surface area contributed by atoms with Gasteiger partial charge in [0.15, 0.2) is 5.82 Å². The number of carbonyl (C=O) groups is 1. The summed E-state index contributed by atoms with van der Waals surface area (Å²) in [6, 6.07) is 17.9. The normalized spacial score (nSPS) is 12.1. The van der Waals surface area contributed by atoms with Gasteiger partial charge in [-0.05, 0) is 36.2 Å². The van der Waals surface area contributed by atoms with E-state index in [9.17, 15) is 9.59 Å². The number of aromatic amines is 1. The zero-order valence-corrected chi connectivity index (χ0v) is 16.3. The lowest BCUT2D eigenvalue weighted by Gasteiger charge is -2.15. The van der Waals surface area contributed by atoms with Crippen LogP contribution in [-0.4, -0.2) is 25.5 Å². The molecule has 4 rings (SSSR count). The molecule has 0 aliphatic heterocycles. The van der Waals surface area contributed by atoms with Gasteiger partial charge in [0.05, 0.1) is 5.92 Å². The second-order valence-electron chi connectivity index (χ2n) is 6.56. The molecule has 7 nitrogen and oxygen atoms in total. The molecule has 2 heterocycles. The Bertz CT molecular complexity index is 1220. The number of H-pyrrole nitrogens is 1. The quantitative estimate of drug-likeness (QED) is 0.525. The Kier molecular flexibility index (Phi) is 5.14. The van der Waals surface area contributed by atoms with Crippen molar-refractivity contribution in [2.75, 3.05) is 5.32 Å². The summed E-state index contributed by atoms with van der Waals surface area (Å²) in [5, 5.41) is 7.87. The van der Waals surface area contributed by atoms with E-state index in [1.165, 1.54) is 10.6 Å². The summed E-state index contributed by atoms with van der Waals surface area (Å²) >= 11 is 5.93. The topological polar surface area (TPSA) is 92.1 Å². The van der Waals surface area contributed by atoms with E-state index >= 15 is 0 Å². The average Bonchev–Trinajstić information content (AvgIpc) is 3.14. The number of hydrogen-bond donors (Lipinski definition) is 2. The van der Waals surface area contributed by atoms with Crippen molar-refractivity contribution in [3.63, 3.8) is 0 Å². The van der Waals surface area contributed by atoms with E-state index in [2.05, 4.69) is 20.4 Å². The van der Waals surface area contributed by atoms with Crippen molar-refractivity contribution < 1.29 is 4.79 Å². The SMILES string of the molecule is CC[C@@H](C(=O)Nc1cc(=O)[nH]c2nc(-c3ccc(Cl)cc3)nn12)c1ccccc1. The van der Waals surface area contributed by atoms with Gasteiger partial charge in [-0.3, -0.25) is 14.6 Å². The van der Waals surface area contributed by atoms with Crippen molar-refractivity contribution in [2.24, 2.45) is 0 Å². The number of fused-ring (bicyclic) bond motifs is 1. The first-order valence-electron chi connectivity index (χ1n) is 9.17. The Labute approximate surface area is 171 Å². The van der Waals surface area contributed by atoms with Crippen molar-refractivity contribution >= 4 is 29.1 Å². The van der Waals surface area contributed by atoms with Crippen molar-refractivity contribution in [1.29, 1.82) is 0 Å². The fourth-order valence-corrected chi connectivity index (χ4v) is 3.30. The van der Waals surface area contributed by atoms with Crippen LogP contribution in [-0.2, 0) is 4.79 Å². The zero-order valence-electron chi connectivity index (χ0n) is 15.6. The van der Waals surface area contributed by atoms with Gasteiger partial charge in [0.25, 0.3) is 5.56 Å². The number of nitrogens with zero attached hydrogens (tertiary/aromatic N) is 3. The molecule has 0 saturated heterocycles. The van der Waals surface area contributed by atoms with Gasteiger partial charge in [-0.1, -0.05) is 48.9 Å². The van der Waals surface area contributed by atoms with E-state index in [1.807, 2.05) is 37.3 Å². The molecule has 1 atom stereocenters. The van der Waals surface area contributed by atoms with Gasteiger partial charge in [0.2, 0.25) is 11.7 Å². The number of anilines is 1. The fourth-order valence-electron chi connectivity index (χ4n) is 3.17. The van der Waals surface area contributed by atoms with Crippen LogP contribution >= 0.6 is 11.6 Å². The Morgan fingerprint density at radius 2 is 1.90 bits per heavy atom. The molecule has 29 heavy (non-hydrogen) atoms. The van der Waals surface area contributed by atoms with Crippen molar-refractivity contribution in [3.8, 4) is 11.4 Å². The highest BCUT2D eigenvalue weighted by molar-refractivity contribution is 6.30. The predicted octanol–water partition coefficient (Wildman–Crippen LogP) is 3.87. The molecular formula is C21H18ClN5O2. The summed E-state index contributed by atoms with van der Waals surface area (Å²) in [7, 11) is 0. The molecule has 0 saturated carbocycles. The third kappa shape index (κ3) is 3.90. The van der Waals surface area contributed by atoms with Crippen LogP contribution in [0.25, 0.3) is 17.2 Å². The number of rotatable bonds is 5. The lowest BCUT2D eigenvalue weighted by atomic mass is 9.96. The van der Waals surface area contributed by atoms with E-state index in [0.717, 1.165) is 11.1 Å². The van der Waals surface area contributed by atoms with Gasteiger partial charge in [-0.2, -0.15) is 9.50 Å². The van der Waals surface area contributed by atoms with Crippen LogP contribution in [0.15, 0.2) is 65.5 Å². The number of halogens is 1. The maximum absolute atomic E-state index is 12.9. The summed E-state index contributed by atoms with van der Waals surface area (Å²) < 4.78 is 1.42. The standard InChI is InChI=1S/C21H18ClN5O2/c1-2-16(13-6-4-3-5-7-13)20(29)23-17-12-18(28)24-21-25-19(26-27(17)21)14-8-10-15(22)11-9-14/h3-12,16H,2H2,1H3,(H,23,29)(H,24,25,26,28)/t16-/m1/s1. The summed E-state index contributed by atoms with van der Waals surface area (Å²) in [5.74, 6) is 0.356. The van der Waals surface area contributed by atoms with E-state index < -0.39 is 0 Å². The van der Waals surface area contributed by atoms with Crippen molar-refractivity contribution in [3.05, 3.63) is 81.6 Å². The first kappa shape index (κ1) is 18.9. The zero-order chi connectivity index (χ0) is 20.4. The van der Waals surface area contributed by atoms with Gasteiger partial charge in [-0.15, -0.1) is 5.10 Å². The number of hydrogen-bond acceptors (Lipinski definition) is 4. The first-order valence-corrected chi connectivity index (χ1v) is 9.55. The molecule has 2 aromatic carbocycles. The van der Waals surface area contributed by atoms with Gasteiger partial charge >= 0.3 is 0 Å².